The van der Waals surface area contributed by atoms with Crippen molar-refractivity contribution in [3.05, 3.63) is 29.3 Å². The predicted molar refractivity (Wildman–Crippen MR) is 75.2 cm³/mol. The number of anilines is 2. The van der Waals surface area contributed by atoms with Gasteiger partial charge in [0.25, 0.3) is 5.91 Å². The minimum absolute atomic E-state index is 0.191. The summed E-state index contributed by atoms with van der Waals surface area (Å²) in [6.45, 7) is 0. The first-order valence-electron chi connectivity index (χ1n) is 5.59. The highest BCUT2D eigenvalue weighted by atomic mass is 32.1. The molecule has 0 unspecified atom stereocenters. The van der Waals surface area contributed by atoms with E-state index in [-0.39, 0.29) is 5.91 Å². The number of benzene rings is 1. The minimum Gasteiger partial charge on any atom is -0.497 e. The molecule has 0 radical (unpaired) electrons. The molecule has 1 N–H and O–H groups in total. The molecule has 100 valence electrons. The normalized spacial score (nSPS) is 10.1. The first-order chi connectivity index (χ1) is 9.15. The smallest absolute Gasteiger partial charge is 0.289 e. The van der Waals surface area contributed by atoms with Crippen molar-refractivity contribution in [2.45, 2.75) is 0 Å². The molecule has 7 heteroatoms. The number of hydrogen-bond acceptors (Lipinski definition) is 6. The standard InChI is InChI=1S/C12H14N4O2S/c1-13-12-15-14-10(19-12)11(17)16(2)8-4-6-9(18-3)7-5-8/h4-7H,1-3H3,(H,13,15). The lowest BCUT2D eigenvalue weighted by atomic mass is 10.3. The van der Waals surface area contributed by atoms with Crippen molar-refractivity contribution in [3.8, 4) is 5.75 Å². The number of amides is 1. The van der Waals surface area contributed by atoms with E-state index < -0.39 is 0 Å². The maximum atomic E-state index is 12.2. The molecular formula is C12H14N4O2S. The Bertz CT molecular complexity index is 567. The van der Waals surface area contributed by atoms with Crippen LogP contribution in [-0.2, 0) is 0 Å². The van der Waals surface area contributed by atoms with Gasteiger partial charge in [0.15, 0.2) is 0 Å². The number of nitrogens with one attached hydrogen (secondary N) is 1. The average Bonchev–Trinajstić information content (AvgIpc) is 2.94. The lowest BCUT2D eigenvalue weighted by Crippen LogP contribution is -2.26. The van der Waals surface area contributed by atoms with E-state index in [1.54, 1.807) is 33.3 Å². The zero-order valence-corrected chi connectivity index (χ0v) is 11.7. The van der Waals surface area contributed by atoms with Crippen molar-refractivity contribution in [2.75, 3.05) is 31.4 Å². The largest absolute Gasteiger partial charge is 0.497 e. The van der Waals surface area contributed by atoms with Gasteiger partial charge in [-0.15, -0.1) is 10.2 Å². The zero-order chi connectivity index (χ0) is 13.8. The fourth-order valence-corrected chi connectivity index (χ4v) is 2.15. The van der Waals surface area contributed by atoms with E-state index in [2.05, 4.69) is 15.5 Å². The van der Waals surface area contributed by atoms with Gasteiger partial charge in [-0.05, 0) is 24.3 Å². The van der Waals surface area contributed by atoms with Crippen molar-refractivity contribution in [2.24, 2.45) is 0 Å². The molecule has 0 aliphatic rings. The fraction of sp³-hybridized carbons (Fsp3) is 0.250. The summed E-state index contributed by atoms with van der Waals surface area (Å²) >= 11 is 1.22. The number of nitrogens with zero attached hydrogens (tertiary/aromatic N) is 3. The van der Waals surface area contributed by atoms with Crippen LogP contribution >= 0.6 is 11.3 Å². The highest BCUT2D eigenvalue weighted by Gasteiger charge is 2.18. The quantitative estimate of drug-likeness (QED) is 0.924. The number of carbonyl (C=O) groups excluding carboxylic acids is 1. The molecule has 0 aliphatic carbocycles. The Balaban J connectivity index is 2.17. The minimum atomic E-state index is -0.191. The van der Waals surface area contributed by atoms with Gasteiger partial charge in [0.05, 0.1) is 7.11 Å². The van der Waals surface area contributed by atoms with E-state index >= 15 is 0 Å². The van der Waals surface area contributed by atoms with E-state index in [4.69, 9.17) is 4.74 Å². The summed E-state index contributed by atoms with van der Waals surface area (Å²) in [5.74, 6) is 0.558. The van der Waals surface area contributed by atoms with Crippen LogP contribution in [0.2, 0.25) is 0 Å². The van der Waals surface area contributed by atoms with E-state index in [9.17, 15) is 4.79 Å². The molecule has 1 aromatic heterocycles. The Morgan fingerprint density at radius 2 is 2.00 bits per heavy atom. The summed E-state index contributed by atoms with van der Waals surface area (Å²) in [5.41, 5.74) is 0.770. The van der Waals surface area contributed by atoms with Crippen LogP contribution in [0, 0.1) is 0 Å². The summed E-state index contributed by atoms with van der Waals surface area (Å²) in [5, 5.41) is 11.5. The third-order valence-corrected chi connectivity index (χ3v) is 3.51. The molecule has 0 spiro atoms. The van der Waals surface area contributed by atoms with Crippen LogP contribution in [-0.4, -0.2) is 37.3 Å². The number of rotatable bonds is 4. The third-order valence-electron chi connectivity index (χ3n) is 2.59. The van der Waals surface area contributed by atoms with Crippen molar-refractivity contribution in [1.29, 1.82) is 0 Å². The van der Waals surface area contributed by atoms with Gasteiger partial charge in [-0.25, -0.2) is 0 Å². The molecule has 0 saturated heterocycles. The van der Waals surface area contributed by atoms with Crippen LogP contribution in [0.5, 0.6) is 5.75 Å². The van der Waals surface area contributed by atoms with Crippen molar-refractivity contribution >= 4 is 28.1 Å². The van der Waals surface area contributed by atoms with E-state index in [1.165, 1.54) is 16.2 Å². The van der Waals surface area contributed by atoms with E-state index in [0.717, 1.165) is 11.4 Å². The molecule has 1 amide bonds. The fourth-order valence-electron chi connectivity index (χ4n) is 1.48. The molecule has 6 nitrogen and oxygen atoms in total. The Morgan fingerprint density at radius 3 is 2.53 bits per heavy atom. The molecule has 2 rings (SSSR count). The Morgan fingerprint density at radius 1 is 1.32 bits per heavy atom. The summed E-state index contributed by atoms with van der Waals surface area (Å²) in [4.78, 5) is 13.7. The van der Waals surface area contributed by atoms with Gasteiger partial charge in [0.1, 0.15) is 5.75 Å². The highest BCUT2D eigenvalue weighted by Crippen LogP contribution is 2.22. The lowest BCUT2D eigenvalue weighted by molar-refractivity contribution is 0.0992. The number of carbonyl (C=O) groups is 1. The Hall–Kier alpha value is -2.15. The van der Waals surface area contributed by atoms with Gasteiger partial charge in [-0.2, -0.15) is 0 Å². The second-order valence-corrected chi connectivity index (χ2v) is 4.70. The monoisotopic (exact) mass is 278 g/mol. The Labute approximate surface area is 115 Å². The lowest BCUT2D eigenvalue weighted by Gasteiger charge is -2.15. The van der Waals surface area contributed by atoms with Gasteiger partial charge < -0.3 is 15.0 Å². The summed E-state index contributed by atoms with van der Waals surface area (Å²) < 4.78 is 5.08. The average molecular weight is 278 g/mol. The molecule has 0 aliphatic heterocycles. The molecule has 0 saturated carbocycles. The van der Waals surface area contributed by atoms with Gasteiger partial charge in [0, 0.05) is 19.8 Å². The van der Waals surface area contributed by atoms with E-state index in [1.807, 2.05) is 12.1 Å². The maximum absolute atomic E-state index is 12.2. The van der Waals surface area contributed by atoms with Crippen LogP contribution in [0.1, 0.15) is 9.80 Å². The molecule has 1 aromatic carbocycles. The zero-order valence-electron chi connectivity index (χ0n) is 10.9. The second-order valence-electron chi connectivity index (χ2n) is 3.72. The first-order valence-corrected chi connectivity index (χ1v) is 6.40. The van der Waals surface area contributed by atoms with E-state index in [0.29, 0.717) is 10.1 Å². The molecule has 0 atom stereocenters. The molecule has 1 heterocycles. The predicted octanol–water partition coefficient (Wildman–Crippen LogP) is 1.86. The van der Waals surface area contributed by atoms with Gasteiger partial charge in [0.2, 0.25) is 10.1 Å². The van der Waals surface area contributed by atoms with Crippen molar-refractivity contribution in [3.63, 3.8) is 0 Å². The Kier molecular flexibility index (Phi) is 3.96. The maximum Gasteiger partial charge on any atom is 0.289 e. The van der Waals surface area contributed by atoms with Crippen LogP contribution < -0.4 is 15.0 Å². The number of hydrogen-bond donors (Lipinski definition) is 1. The number of methoxy groups -OCH3 is 1. The van der Waals surface area contributed by atoms with Crippen LogP contribution in [0.4, 0.5) is 10.8 Å². The topological polar surface area (TPSA) is 67.4 Å². The van der Waals surface area contributed by atoms with Gasteiger partial charge in [-0.3, -0.25) is 4.79 Å². The second kappa shape index (κ2) is 5.66. The number of aromatic nitrogens is 2. The third kappa shape index (κ3) is 2.82. The molecule has 0 fully saturated rings. The molecule has 19 heavy (non-hydrogen) atoms. The van der Waals surface area contributed by atoms with Crippen LogP contribution in [0.3, 0.4) is 0 Å². The summed E-state index contributed by atoms with van der Waals surface area (Å²) in [6.07, 6.45) is 0. The number of ether oxygens (including phenoxy) is 1. The summed E-state index contributed by atoms with van der Waals surface area (Å²) in [6, 6.07) is 7.24. The van der Waals surface area contributed by atoms with Crippen molar-refractivity contribution < 1.29 is 9.53 Å². The molecular weight excluding hydrogens is 264 g/mol. The van der Waals surface area contributed by atoms with Gasteiger partial charge in [-0.1, -0.05) is 11.3 Å². The molecule has 2 aromatic rings. The molecule has 0 bridgehead atoms. The van der Waals surface area contributed by atoms with Gasteiger partial charge >= 0.3 is 0 Å². The summed E-state index contributed by atoms with van der Waals surface area (Å²) in [7, 11) is 5.04. The van der Waals surface area contributed by atoms with Crippen LogP contribution in [0.25, 0.3) is 0 Å². The highest BCUT2D eigenvalue weighted by molar-refractivity contribution is 7.17. The van der Waals surface area contributed by atoms with Crippen LogP contribution in [0.15, 0.2) is 24.3 Å². The SMILES string of the molecule is CNc1nnc(C(=O)N(C)c2ccc(OC)cc2)s1. The van der Waals surface area contributed by atoms with Crippen molar-refractivity contribution in [1.82, 2.24) is 10.2 Å². The first kappa shape index (κ1) is 13.3.